The van der Waals surface area contributed by atoms with Crippen molar-refractivity contribution < 1.29 is 0 Å². The Balaban J connectivity index is 1.79. The van der Waals surface area contributed by atoms with Crippen LogP contribution < -0.4 is 16.4 Å². The van der Waals surface area contributed by atoms with Crippen LogP contribution in [0.1, 0.15) is 11.3 Å². The highest BCUT2D eigenvalue weighted by Crippen LogP contribution is 2.10. The molecule has 0 saturated carbocycles. The van der Waals surface area contributed by atoms with Gasteiger partial charge in [0, 0.05) is 30.2 Å². The Morgan fingerprint density at radius 1 is 1.00 bits per heavy atom. The van der Waals surface area contributed by atoms with Crippen LogP contribution in [0.15, 0.2) is 36.4 Å². The third-order valence-electron chi connectivity index (χ3n) is 2.77. The van der Waals surface area contributed by atoms with Gasteiger partial charge in [-0.25, -0.2) is 4.98 Å². The van der Waals surface area contributed by atoms with E-state index in [4.69, 9.17) is 5.73 Å². The molecule has 0 aliphatic heterocycles. The maximum atomic E-state index is 5.64. The summed E-state index contributed by atoms with van der Waals surface area (Å²) in [4.78, 5) is 4.43. The first-order chi connectivity index (χ1) is 9.13. The third-order valence-corrected chi connectivity index (χ3v) is 2.77. The van der Waals surface area contributed by atoms with E-state index in [1.54, 1.807) is 0 Å². The first-order valence-corrected chi connectivity index (χ1v) is 6.42. The maximum absolute atomic E-state index is 5.64. The molecule has 2 aromatic rings. The number of anilines is 3. The van der Waals surface area contributed by atoms with E-state index in [0.717, 1.165) is 36.0 Å². The molecular formula is C15H20N4. The minimum atomic E-state index is 0.781. The Kier molecular flexibility index (Phi) is 4.23. The second kappa shape index (κ2) is 6.09. The van der Waals surface area contributed by atoms with E-state index in [1.807, 2.05) is 31.2 Å². The predicted molar refractivity (Wildman–Crippen MR) is 81.5 cm³/mol. The van der Waals surface area contributed by atoms with Crippen LogP contribution >= 0.6 is 0 Å². The highest BCUT2D eigenvalue weighted by Gasteiger charge is 1.97. The fourth-order valence-electron chi connectivity index (χ4n) is 1.93. The summed E-state index contributed by atoms with van der Waals surface area (Å²) in [5.74, 6) is 0.927. The van der Waals surface area contributed by atoms with Crippen molar-refractivity contribution in [1.82, 2.24) is 4.98 Å². The molecule has 0 radical (unpaired) electrons. The molecule has 0 unspecified atom stereocenters. The zero-order chi connectivity index (χ0) is 13.7. The van der Waals surface area contributed by atoms with Crippen LogP contribution in [0.25, 0.3) is 0 Å². The number of pyridine rings is 1. The van der Waals surface area contributed by atoms with Gasteiger partial charge >= 0.3 is 0 Å². The summed E-state index contributed by atoms with van der Waals surface area (Å²) < 4.78 is 0. The van der Waals surface area contributed by atoms with E-state index in [9.17, 15) is 0 Å². The lowest BCUT2D eigenvalue weighted by Gasteiger charge is -2.09. The van der Waals surface area contributed by atoms with Crippen LogP contribution in [-0.4, -0.2) is 18.1 Å². The summed E-state index contributed by atoms with van der Waals surface area (Å²) in [6, 6.07) is 11.9. The van der Waals surface area contributed by atoms with Crippen LogP contribution in [0.2, 0.25) is 0 Å². The smallest absolute Gasteiger partial charge is 0.126 e. The van der Waals surface area contributed by atoms with Crippen molar-refractivity contribution in [2.24, 2.45) is 0 Å². The maximum Gasteiger partial charge on any atom is 0.126 e. The molecular weight excluding hydrogens is 236 g/mol. The molecule has 0 aliphatic carbocycles. The van der Waals surface area contributed by atoms with Gasteiger partial charge in [-0.1, -0.05) is 0 Å². The molecule has 2 rings (SSSR count). The Morgan fingerprint density at radius 2 is 1.68 bits per heavy atom. The molecule has 1 aromatic carbocycles. The van der Waals surface area contributed by atoms with Crippen LogP contribution in [0.4, 0.5) is 17.2 Å². The Hall–Kier alpha value is -2.23. The molecule has 4 N–H and O–H groups in total. The molecule has 100 valence electrons. The molecule has 4 nitrogen and oxygen atoms in total. The van der Waals surface area contributed by atoms with Gasteiger partial charge in [-0.05, 0) is 55.8 Å². The topological polar surface area (TPSA) is 63.0 Å². The van der Waals surface area contributed by atoms with Crippen molar-refractivity contribution in [2.75, 3.05) is 29.5 Å². The van der Waals surface area contributed by atoms with Crippen molar-refractivity contribution in [2.45, 2.75) is 13.8 Å². The van der Waals surface area contributed by atoms with E-state index in [0.29, 0.717) is 0 Å². The molecule has 0 bridgehead atoms. The number of rotatable bonds is 5. The molecule has 0 spiro atoms. The van der Waals surface area contributed by atoms with Gasteiger partial charge in [-0.15, -0.1) is 0 Å². The van der Waals surface area contributed by atoms with Crippen molar-refractivity contribution in [3.63, 3.8) is 0 Å². The number of nitrogens with two attached hydrogens (primary N) is 1. The Morgan fingerprint density at radius 3 is 2.37 bits per heavy atom. The minimum Gasteiger partial charge on any atom is -0.399 e. The van der Waals surface area contributed by atoms with Gasteiger partial charge in [-0.2, -0.15) is 0 Å². The number of nitrogens with zero attached hydrogens (tertiary/aromatic N) is 1. The highest BCUT2D eigenvalue weighted by atomic mass is 15.0. The Labute approximate surface area is 114 Å². The van der Waals surface area contributed by atoms with Gasteiger partial charge < -0.3 is 16.4 Å². The van der Waals surface area contributed by atoms with Gasteiger partial charge in [-0.3, -0.25) is 0 Å². The number of aryl methyl sites for hydroxylation is 2. The van der Waals surface area contributed by atoms with Gasteiger partial charge in [0.05, 0.1) is 0 Å². The van der Waals surface area contributed by atoms with Crippen LogP contribution in [0.3, 0.4) is 0 Å². The second-order valence-corrected chi connectivity index (χ2v) is 4.65. The van der Waals surface area contributed by atoms with Gasteiger partial charge in [0.25, 0.3) is 0 Å². The molecule has 1 heterocycles. The van der Waals surface area contributed by atoms with Gasteiger partial charge in [0.2, 0.25) is 0 Å². The number of nitrogen functional groups attached to an aromatic ring is 1. The number of benzene rings is 1. The van der Waals surface area contributed by atoms with E-state index in [-0.39, 0.29) is 0 Å². The van der Waals surface area contributed by atoms with Crippen molar-refractivity contribution in [3.05, 3.63) is 47.7 Å². The van der Waals surface area contributed by atoms with Gasteiger partial charge in [0.15, 0.2) is 0 Å². The fraction of sp³-hybridized carbons (Fsp3) is 0.267. The first-order valence-electron chi connectivity index (χ1n) is 6.42. The first kappa shape index (κ1) is 13.2. The molecule has 0 fully saturated rings. The molecule has 0 aliphatic rings. The molecule has 4 heteroatoms. The normalized spacial score (nSPS) is 10.2. The van der Waals surface area contributed by atoms with E-state index in [2.05, 4.69) is 34.7 Å². The Bertz CT molecular complexity index is 514. The summed E-state index contributed by atoms with van der Waals surface area (Å²) in [5, 5.41) is 6.64. The molecule has 0 atom stereocenters. The summed E-state index contributed by atoms with van der Waals surface area (Å²) in [5.41, 5.74) is 9.75. The fourth-order valence-corrected chi connectivity index (χ4v) is 1.93. The zero-order valence-corrected chi connectivity index (χ0v) is 11.4. The summed E-state index contributed by atoms with van der Waals surface area (Å²) in [7, 11) is 0. The lowest BCUT2D eigenvalue weighted by atomic mass is 10.2. The SMILES string of the molecule is Cc1cc(C)nc(NCCNc2ccc(N)cc2)c1. The van der Waals surface area contributed by atoms with E-state index >= 15 is 0 Å². The zero-order valence-electron chi connectivity index (χ0n) is 11.4. The highest BCUT2D eigenvalue weighted by molar-refractivity contribution is 5.51. The average molecular weight is 256 g/mol. The van der Waals surface area contributed by atoms with Crippen LogP contribution in [-0.2, 0) is 0 Å². The van der Waals surface area contributed by atoms with Crippen molar-refractivity contribution in [3.8, 4) is 0 Å². The molecule has 1 aromatic heterocycles. The lowest BCUT2D eigenvalue weighted by Crippen LogP contribution is -2.14. The summed E-state index contributed by atoms with van der Waals surface area (Å²) in [6.45, 7) is 5.73. The molecule has 0 amide bonds. The van der Waals surface area contributed by atoms with Crippen LogP contribution in [0, 0.1) is 13.8 Å². The summed E-state index contributed by atoms with van der Waals surface area (Å²) >= 11 is 0. The van der Waals surface area contributed by atoms with Gasteiger partial charge in [0.1, 0.15) is 5.82 Å². The monoisotopic (exact) mass is 256 g/mol. The number of hydrogen-bond acceptors (Lipinski definition) is 4. The molecule has 0 saturated heterocycles. The largest absolute Gasteiger partial charge is 0.399 e. The quantitative estimate of drug-likeness (QED) is 0.568. The molecule has 19 heavy (non-hydrogen) atoms. The summed E-state index contributed by atoms with van der Waals surface area (Å²) in [6.07, 6.45) is 0. The predicted octanol–water partition coefficient (Wildman–Crippen LogP) is 2.80. The van der Waals surface area contributed by atoms with Crippen LogP contribution in [0.5, 0.6) is 0 Å². The van der Waals surface area contributed by atoms with E-state index < -0.39 is 0 Å². The van der Waals surface area contributed by atoms with E-state index in [1.165, 1.54) is 5.56 Å². The third kappa shape index (κ3) is 4.17. The number of nitrogens with one attached hydrogen (secondary N) is 2. The lowest BCUT2D eigenvalue weighted by molar-refractivity contribution is 1.05. The standard InChI is InChI=1S/C15H20N4/c1-11-9-12(2)19-15(10-11)18-8-7-17-14-5-3-13(16)4-6-14/h3-6,9-10,17H,7-8,16H2,1-2H3,(H,18,19). The number of hydrogen-bond donors (Lipinski definition) is 3. The minimum absolute atomic E-state index is 0.781. The van der Waals surface area contributed by atoms with Crippen molar-refractivity contribution in [1.29, 1.82) is 0 Å². The average Bonchev–Trinajstić information content (AvgIpc) is 2.36. The second-order valence-electron chi connectivity index (χ2n) is 4.65. The number of aromatic nitrogens is 1. The van der Waals surface area contributed by atoms with Crippen molar-refractivity contribution >= 4 is 17.2 Å².